The molecule has 90 valence electrons. The Hall–Kier alpha value is -0.590. The molecule has 0 aromatic carbocycles. The lowest BCUT2D eigenvalue weighted by Gasteiger charge is -2.38. The first-order chi connectivity index (χ1) is 7.73. The lowest BCUT2D eigenvalue weighted by Crippen LogP contribution is -2.50. The molecular formula is C13H22N2O. The van der Waals surface area contributed by atoms with E-state index in [2.05, 4.69) is 11.4 Å². The molecule has 0 aromatic heterocycles. The Morgan fingerprint density at radius 2 is 1.94 bits per heavy atom. The zero-order chi connectivity index (χ0) is 11.4. The van der Waals surface area contributed by atoms with Crippen LogP contribution in [0.15, 0.2) is 0 Å². The topological polar surface area (TPSA) is 56.0 Å². The van der Waals surface area contributed by atoms with E-state index in [0.29, 0.717) is 12.6 Å². The average Bonchev–Trinajstić information content (AvgIpc) is 2.48. The summed E-state index contributed by atoms with van der Waals surface area (Å²) in [5, 5.41) is 22.6. The molecule has 0 heterocycles. The third kappa shape index (κ3) is 2.75. The molecule has 2 aliphatic carbocycles. The molecule has 2 N–H and O–H groups in total. The van der Waals surface area contributed by atoms with E-state index in [1.807, 2.05) is 0 Å². The van der Waals surface area contributed by atoms with E-state index in [0.717, 1.165) is 32.1 Å². The van der Waals surface area contributed by atoms with Gasteiger partial charge in [-0.25, -0.2) is 0 Å². The van der Waals surface area contributed by atoms with E-state index in [-0.39, 0.29) is 5.92 Å². The Morgan fingerprint density at radius 1 is 1.19 bits per heavy atom. The number of nitrogens with zero attached hydrogens (tertiary/aromatic N) is 1. The molecule has 0 amide bonds. The zero-order valence-electron chi connectivity index (χ0n) is 9.91. The van der Waals surface area contributed by atoms with E-state index in [4.69, 9.17) is 5.26 Å². The highest BCUT2D eigenvalue weighted by Gasteiger charge is 2.35. The summed E-state index contributed by atoms with van der Waals surface area (Å²) in [5.41, 5.74) is -0.466. The fourth-order valence-electron chi connectivity index (χ4n) is 2.79. The monoisotopic (exact) mass is 222 g/mol. The molecule has 2 aliphatic rings. The molecule has 2 unspecified atom stereocenters. The van der Waals surface area contributed by atoms with Gasteiger partial charge in [0.1, 0.15) is 0 Å². The number of rotatable bonds is 3. The fraction of sp³-hybridized carbons (Fsp3) is 0.923. The van der Waals surface area contributed by atoms with Crippen LogP contribution in [0.2, 0.25) is 0 Å². The van der Waals surface area contributed by atoms with Crippen LogP contribution >= 0.6 is 0 Å². The van der Waals surface area contributed by atoms with Crippen LogP contribution in [-0.2, 0) is 0 Å². The average molecular weight is 222 g/mol. The fourth-order valence-corrected chi connectivity index (χ4v) is 2.79. The Morgan fingerprint density at radius 3 is 2.56 bits per heavy atom. The number of nitriles is 1. The molecule has 2 saturated carbocycles. The molecule has 0 radical (unpaired) electrons. The van der Waals surface area contributed by atoms with E-state index in [9.17, 15) is 5.11 Å². The van der Waals surface area contributed by atoms with Gasteiger partial charge < -0.3 is 10.4 Å². The highest BCUT2D eigenvalue weighted by molar-refractivity contribution is 4.96. The van der Waals surface area contributed by atoms with Crippen molar-refractivity contribution in [2.75, 3.05) is 6.54 Å². The van der Waals surface area contributed by atoms with Gasteiger partial charge in [-0.2, -0.15) is 5.26 Å². The molecule has 2 atom stereocenters. The van der Waals surface area contributed by atoms with Gasteiger partial charge in [0.2, 0.25) is 0 Å². The van der Waals surface area contributed by atoms with E-state index >= 15 is 0 Å². The van der Waals surface area contributed by atoms with Crippen molar-refractivity contribution in [2.24, 2.45) is 5.92 Å². The van der Waals surface area contributed by atoms with Gasteiger partial charge in [0.25, 0.3) is 0 Å². The van der Waals surface area contributed by atoms with Crippen LogP contribution in [0.3, 0.4) is 0 Å². The van der Waals surface area contributed by atoms with Gasteiger partial charge in [-0.1, -0.05) is 19.3 Å². The van der Waals surface area contributed by atoms with Crippen LogP contribution in [0.25, 0.3) is 0 Å². The number of aliphatic hydroxyl groups is 1. The van der Waals surface area contributed by atoms with Crippen molar-refractivity contribution in [3.63, 3.8) is 0 Å². The predicted octanol–water partition coefficient (Wildman–Crippen LogP) is 1.96. The minimum absolute atomic E-state index is 0.145. The molecule has 16 heavy (non-hydrogen) atoms. The van der Waals surface area contributed by atoms with Gasteiger partial charge in [-0.05, 0) is 32.1 Å². The second-order valence-electron chi connectivity index (χ2n) is 5.44. The largest absolute Gasteiger partial charge is 0.389 e. The molecule has 2 fully saturated rings. The highest BCUT2D eigenvalue weighted by Crippen LogP contribution is 2.31. The molecule has 0 spiro atoms. The van der Waals surface area contributed by atoms with Crippen molar-refractivity contribution in [3.8, 4) is 6.07 Å². The first-order valence-corrected chi connectivity index (χ1v) is 6.59. The summed E-state index contributed by atoms with van der Waals surface area (Å²) in [6.45, 7) is 0.676. The van der Waals surface area contributed by atoms with E-state index in [1.54, 1.807) is 0 Å². The van der Waals surface area contributed by atoms with Crippen LogP contribution in [0.5, 0.6) is 0 Å². The zero-order valence-corrected chi connectivity index (χ0v) is 9.91. The minimum atomic E-state index is -0.466. The van der Waals surface area contributed by atoms with Crippen molar-refractivity contribution in [2.45, 2.75) is 63.0 Å². The Balaban J connectivity index is 1.83. The number of hydrogen-bond donors (Lipinski definition) is 2. The Bertz CT molecular complexity index is 268. The molecule has 3 nitrogen and oxygen atoms in total. The summed E-state index contributed by atoms with van der Waals surface area (Å²) in [6, 6.07) is 2.73. The summed E-state index contributed by atoms with van der Waals surface area (Å²) in [7, 11) is 0. The molecular weight excluding hydrogens is 200 g/mol. The van der Waals surface area contributed by atoms with Crippen molar-refractivity contribution in [1.82, 2.24) is 5.32 Å². The maximum atomic E-state index is 10.0. The smallest absolute Gasteiger partial charge is 0.0771 e. The SMILES string of the molecule is N#CC1CCCCCC1NCC1(O)CCC1. The summed E-state index contributed by atoms with van der Waals surface area (Å²) in [6.07, 6.45) is 8.74. The molecule has 0 aromatic rings. The second kappa shape index (κ2) is 5.16. The van der Waals surface area contributed by atoms with Crippen molar-refractivity contribution in [3.05, 3.63) is 0 Å². The van der Waals surface area contributed by atoms with Crippen LogP contribution in [0, 0.1) is 17.2 Å². The Kier molecular flexibility index (Phi) is 3.83. The molecule has 0 aliphatic heterocycles. The minimum Gasteiger partial charge on any atom is -0.389 e. The maximum absolute atomic E-state index is 10.0. The molecule has 0 saturated heterocycles. The summed E-state index contributed by atoms with van der Waals surface area (Å²) < 4.78 is 0. The lowest BCUT2D eigenvalue weighted by molar-refractivity contribution is -0.0341. The second-order valence-corrected chi connectivity index (χ2v) is 5.44. The van der Waals surface area contributed by atoms with Crippen molar-refractivity contribution >= 4 is 0 Å². The first-order valence-electron chi connectivity index (χ1n) is 6.59. The van der Waals surface area contributed by atoms with E-state index < -0.39 is 5.60 Å². The number of nitrogens with one attached hydrogen (secondary N) is 1. The summed E-state index contributed by atoms with van der Waals surface area (Å²) in [4.78, 5) is 0. The lowest BCUT2D eigenvalue weighted by atomic mass is 9.80. The van der Waals surface area contributed by atoms with Gasteiger partial charge in [0.05, 0.1) is 17.6 Å². The van der Waals surface area contributed by atoms with Crippen LogP contribution in [0.1, 0.15) is 51.4 Å². The highest BCUT2D eigenvalue weighted by atomic mass is 16.3. The van der Waals surface area contributed by atoms with Gasteiger partial charge in [-0.15, -0.1) is 0 Å². The first kappa shape index (κ1) is 11.9. The van der Waals surface area contributed by atoms with Crippen LogP contribution in [-0.4, -0.2) is 23.3 Å². The predicted molar refractivity (Wildman–Crippen MR) is 62.8 cm³/mol. The molecule has 0 bridgehead atoms. The summed E-state index contributed by atoms with van der Waals surface area (Å²) in [5.74, 6) is 0.145. The van der Waals surface area contributed by atoms with Crippen LogP contribution in [0.4, 0.5) is 0 Å². The maximum Gasteiger partial charge on any atom is 0.0771 e. The standard InChI is InChI=1S/C13H22N2O/c14-9-11-5-2-1-3-6-12(11)15-10-13(16)7-4-8-13/h11-12,15-16H,1-8,10H2. The third-order valence-electron chi connectivity index (χ3n) is 4.16. The Labute approximate surface area is 97.8 Å². The molecule has 2 rings (SSSR count). The normalized spacial score (nSPS) is 33.5. The van der Waals surface area contributed by atoms with Gasteiger partial charge in [0, 0.05) is 12.6 Å². The molecule has 3 heteroatoms. The van der Waals surface area contributed by atoms with Gasteiger partial charge in [0.15, 0.2) is 0 Å². The van der Waals surface area contributed by atoms with Gasteiger partial charge >= 0.3 is 0 Å². The quantitative estimate of drug-likeness (QED) is 0.718. The van der Waals surface area contributed by atoms with Crippen molar-refractivity contribution in [1.29, 1.82) is 5.26 Å². The number of hydrogen-bond acceptors (Lipinski definition) is 3. The van der Waals surface area contributed by atoms with E-state index in [1.165, 1.54) is 19.3 Å². The summed E-state index contributed by atoms with van der Waals surface area (Å²) >= 11 is 0. The third-order valence-corrected chi connectivity index (χ3v) is 4.16. The van der Waals surface area contributed by atoms with Crippen LogP contribution < -0.4 is 5.32 Å². The van der Waals surface area contributed by atoms with Crippen molar-refractivity contribution < 1.29 is 5.11 Å². The van der Waals surface area contributed by atoms with Gasteiger partial charge in [-0.3, -0.25) is 0 Å².